The van der Waals surface area contributed by atoms with Crippen LogP contribution in [-0.4, -0.2) is 49.4 Å². The van der Waals surface area contributed by atoms with Crippen molar-refractivity contribution >= 4 is 6.03 Å². The third-order valence-corrected chi connectivity index (χ3v) is 4.15. The van der Waals surface area contributed by atoms with Crippen LogP contribution in [0.3, 0.4) is 0 Å². The minimum atomic E-state index is -0.0204. The molecule has 1 aliphatic rings. The molecule has 0 saturated carbocycles. The fourth-order valence-electron chi connectivity index (χ4n) is 2.73. The van der Waals surface area contributed by atoms with Crippen LogP contribution in [0.4, 0.5) is 4.79 Å². The van der Waals surface area contributed by atoms with Crippen molar-refractivity contribution in [1.29, 1.82) is 0 Å². The van der Waals surface area contributed by atoms with E-state index in [4.69, 9.17) is 9.47 Å². The lowest BCUT2D eigenvalue weighted by atomic mass is 10.2. The van der Waals surface area contributed by atoms with Gasteiger partial charge in [-0.2, -0.15) is 0 Å². The molecule has 1 saturated heterocycles. The van der Waals surface area contributed by atoms with E-state index >= 15 is 0 Å². The topological polar surface area (TPSA) is 50.8 Å². The molecule has 1 atom stereocenters. The molecule has 0 aromatic heterocycles. The highest BCUT2D eigenvalue weighted by molar-refractivity contribution is 5.74. The highest BCUT2D eigenvalue weighted by Gasteiger charge is 2.17. The molecule has 1 aliphatic heterocycles. The number of ether oxygens (including phenoxy) is 2. The predicted molar refractivity (Wildman–Crippen MR) is 94.9 cm³/mol. The molecule has 0 spiro atoms. The molecule has 0 radical (unpaired) electrons. The van der Waals surface area contributed by atoms with Crippen molar-refractivity contribution in [1.82, 2.24) is 10.2 Å². The zero-order valence-corrected chi connectivity index (χ0v) is 14.9. The molecule has 24 heavy (non-hydrogen) atoms. The fourth-order valence-corrected chi connectivity index (χ4v) is 2.73. The van der Waals surface area contributed by atoms with Crippen molar-refractivity contribution in [3.8, 4) is 0 Å². The summed E-state index contributed by atoms with van der Waals surface area (Å²) >= 11 is 0. The first-order chi connectivity index (χ1) is 11.7. The van der Waals surface area contributed by atoms with E-state index in [1.54, 1.807) is 0 Å². The first-order valence-electron chi connectivity index (χ1n) is 8.94. The van der Waals surface area contributed by atoms with Gasteiger partial charge in [-0.25, -0.2) is 4.79 Å². The molecule has 1 aromatic carbocycles. The van der Waals surface area contributed by atoms with Gasteiger partial charge < -0.3 is 19.7 Å². The Kier molecular flexibility index (Phi) is 8.05. The number of hydrogen-bond donors (Lipinski definition) is 1. The van der Waals surface area contributed by atoms with Gasteiger partial charge in [0.25, 0.3) is 0 Å². The first-order valence-corrected chi connectivity index (χ1v) is 8.94. The van der Waals surface area contributed by atoms with Crippen LogP contribution in [0.5, 0.6) is 0 Å². The number of nitrogens with zero attached hydrogens (tertiary/aromatic N) is 1. The van der Waals surface area contributed by atoms with Crippen molar-refractivity contribution in [3.63, 3.8) is 0 Å². The van der Waals surface area contributed by atoms with Gasteiger partial charge in [-0.15, -0.1) is 0 Å². The molecule has 0 aliphatic carbocycles. The van der Waals surface area contributed by atoms with E-state index in [9.17, 15) is 4.79 Å². The molecule has 1 aromatic rings. The van der Waals surface area contributed by atoms with E-state index in [-0.39, 0.29) is 18.2 Å². The molecule has 0 unspecified atom stereocenters. The summed E-state index contributed by atoms with van der Waals surface area (Å²) in [6.45, 7) is 7.50. The smallest absolute Gasteiger partial charge is 0.317 e. The summed E-state index contributed by atoms with van der Waals surface area (Å²) in [4.78, 5) is 14.2. The molecule has 0 bridgehead atoms. The monoisotopic (exact) mass is 334 g/mol. The summed E-state index contributed by atoms with van der Waals surface area (Å²) < 4.78 is 11.1. The van der Waals surface area contributed by atoms with Crippen molar-refractivity contribution in [2.45, 2.75) is 51.8 Å². The molecule has 2 rings (SSSR count). The van der Waals surface area contributed by atoms with Gasteiger partial charge in [0.1, 0.15) is 0 Å². The Balaban J connectivity index is 1.63. The van der Waals surface area contributed by atoms with Gasteiger partial charge in [-0.05, 0) is 38.7 Å². The molecule has 5 nitrogen and oxygen atoms in total. The maximum atomic E-state index is 12.4. The summed E-state index contributed by atoms with van der Waals surface area (Å²) in [6.07, 6.45) is 3.31. The molecule has 134 valence electrons. The number of nitrogens with one attached hydrogen (secondary N) is 1. The van der Waals surface area contributed by atoms with Crippen LogP contribution in [0.1, 0.15) is 38.7 Å². The number of rotatable bonds is 9. The quantitative estimate of drug-likeness (QED) is 0.706. The maximum Gasteiger partial charge on any atom is 0.317 e. The molecular weight excluding hydrogens is 304 g/mol. The number of benzene rings is 1. The van der Waals surface area contributed by atoms with Gasteiger partial charge in [-0.3, -0.25) is 0 Å². The van der Waals surface area contributed by atoms with Gasteiger partial charge in [0.15, 0.2) is 0 Å². The van der Waals surface area contributed by atoms with Gasteiger partial charge >= 0.3 is 6.03 Å². The second-order valence-corrected chi connectivity index (χ2v) is 6.50. The summed E-state index contributed by atoms with van der Waals surface area (Å²) in [5.41, 5.74) is 1.14. The Bertz CT molecular complexity index is 473. The second-order valence-electron chi connectivity index (χ2n) is 6.50. The average molecular weight is 334 g/mol. The molecule has 2 amide bonds. The van der Waals surface area contributed by atoms with E-state index < -0.39 is 0 Å². The van der Waals surface area contributed by atoms with Crippen LogP contribution >= 0.6 is 0 Å². The van der Waals surface area contributed by atoms with E-state index in [0.717, 1.165) is 31.4 Å². The predicted octanol–water partition coefficient (Wildman–Crippen LogP) is 3.19. The summed E-state index contributed by atoms with van der Waals surface area (Å²) in [5, 5.41) is 2.99. The van der Waals surface area contributed by atoms with Crippen molar-refractivity contribution < 1.29 is 14.3 Å². The minimum absolute atomic E-state index is 0.0204. The number of urea groups is 1. The third-order valence-electron chi connectivity index (χ3n) is 4.15. The van der Waals surface area contributed by atoms with Gasteiger partial charge in [0, 0.05) is 32.3 Å². The standard InChI is InChI=1S/C19H30N2O3/c1-16(2)21(14-17-8-4-3-5-9-17)19(22)20-11-7-12-23-15-18-10-6-13-24-18/h3-5,8-9,16,18H,6-7,10-15H2,1-2H3,(H,20,22)/t18-/m1/s1. The highest BCUT2D eigenvalue weighted by atomic mass is 16.5. The van der Waals surface area contributed by atoms with E-state index in [0.29, 0.717) is 26.3 Å². The minimum Gasteiger partial charge on any atom is -0.379 e. The van der Waals surface area contributed by atoms with Gasteiger partial charge in [0.2, 0.25) is 0 Å². The summed E-state index contributed by atoms with van der Waals surface area (Å²) in [7, 11) is 0. The first kappa shape index (κ1) is 18.7. The lowest BCUT2D eigenvalue weighted by Gasteiger charge is -2.27. The largest absolute Gasteiger partial charge is 0.379 e. The zero-order chi connectivity index (χ0) is 17.2. The Hall–Kier alpha value is -1.59. The SMILES string of the molecule is CC(C)N(Cc1ccccc1)C(=O)NCCCOC[C@H]1CCCO1. The number of carbonyl (C=O) groups is 1. The molecule has 1 heterocycles. The number of hydrogen-bond acceptors (Lipinski definition) is 3. The van der Waals surface area contributed by atoms with E-state index in [1.165, 1.54) is 0 Å². The summed E-state index contributed by atoms with van der Waals surface area (Å²) in [5.74, 6) is 0. The van der Waals surface area contributed by atoms with Gasteiger partial charge in [0.05, 0.1) is 12.7 Å². The van der Waals surface area contributed by atoms with Crippen LogP contribution in [0.25, 0.3) is 0 Å². The Labute approximate surface area is 145 Å². The third kappa shape index (κ3) is 6.49. The van der Waals surface area contributed by atoms with E-state index in [2.05, 4.69) is 5.32 Å². The Morgan fingerprint density at radius 1 is 1.38 bits per heavy atom. The average Bonchev–Trinajstić information content (AvgIpc) is 3.09. The number of amides is 2. The normalized spacial score (nSPS) is 17.2. The molecular formula is C19H30N2O3. The number of carbonyl (C=O) groups excluding carboxylic acids is 1. The Morgan fingerprint density at radius 3 is 2.83 bits per heavy atom. The van der Waals surface area contributed by atoms with Crippen molar-refractivity contribution in [2.75, 3.05) is 26.4 Å². The highest BCUT2D eigenvalue weighted by Crippen LogP contribution is 2.12. The van der Waals surface area contributed by atoms with Crippen LogP contribution in [-0.2, 0) is 16.0 Å². The zero-order valence-electron chi connectivity index (χ0n) is 14.9. The second kappa shape index (κ2) is 10.3. The van der Waals surface area contributed by atoms with Gasteiger partial charge in [-0.1, -0.05) is 30.3 Å². The molecule has 5 heteroatoms. The van der Waals surface area contributed by atoms with Crippen LogP contribution in [0.15, 0.2) is 30.3 Å². The van der Waals surface area contributed by atoms with E-state index in [1.807, 2.05) is 49.1 Å². The Morgan fingerprint density at radius 2 is 2.17 bits per heavy atom. The lowest BCUT2D eigenvalue weighted by molar-refractivity contribution is 0.0167. The van der Waals surface area contributed by atoms with Crippen LogP contribution in [0.2, 0.25) is 0 Å². The van der Waals surface area contributed by atoms with Crippen LogP contribution < -0.4 is 5.32 Å². The lowest BCUT2D eigenvalue weighted by Crippen LogP contribution is -2.43. The van der Waals surface area contributed by atoms with Crippen LogP contribution in [0, 0.1) is 0 Å². The molecule has 1 fully saturated rings. The van der Waals surface area contributed by atoms with Crippen molar-refractivity contribution in [2.24, 2.45) is 0 Å². The fraction of sp³-hybridized carbons (Fsp3) is 0.632. The maximum absolute atomic E-state index is 12.4. The molecule has 1 N–H and O–H groups in total. The summed E-state index contributed by atoms with van der Waals surface area (Å²) in [6, 6.07) is 10.2. The van der Waals surface area contributed by atoms with Crippen molar-refractivity contribution in [3.05, 3.63) is 35.9 Å².